The summed E-state index contributed by atoms with van der Waals surface area (Å²) in [7, 11) is -1.84. The average molecular weight is 264 g/mol. The summed E-state index contributed by atoms with van der Waals surface area (Å²) in [6.45, 7) is 0.305. The van der Waals surface area contributed by atoms with Gasteiger partial charge in [0, 0.05) is 18.0 Å². The maximum atomic E-state index is 11.7. The molecule has 0 aliphatic carbocycles. The van der Waals surface area contributed by atoms with E-state index in [1.54, 1.807) is 6.07 Å². The van der Waals surface area contributed by atoms with Crippen molar-refractivity contribution in [3.63, 3.8) is 0 Å². The molecule has 0 aromatic heterocycles. The lowest BCUT2D eigenvalue weighted by Gasteiger charge is -2.09. The highest BCUT2D eigenvalue weighted by Gasteiger charge is 2.15. The van der Waals surface area contributed by atoms with Crippen molar-refractivity contribution in [2.45, 2.75) is 11.4 Å². The molecule has 0 fully saturated rings. The maximum Gasteiger partial charge on any atom is 0.179 e. The van der Waals surface area contributed by atoms with E-state index in [-0.39, 0.29) is 16.5 Å². The molecule has 0 aliphatic heterocycles. The van der Waals surface area contributed by atoms with E-state index in [0.717, 1.165) is 5.56 Å². The molecule has 1 aromatic carbocycles. The number of hydrogen-bond acceptors (Lipinski definition) is 4. The van der Waals surface area contributed by atoms with Crippen molar-refractivity contribution in [1.82, 2.24) is 0 Å². The summed E-state index contributed by atoms with van der Waals surface area (Å²) in [5.74, 6) is 0.473. The number of methoxy groups -OCH3 is 1. The van der Waals surface area contributed by atoms with Crippen LogP contribution < -0.4 is 10.5 Å². The fourth-order valence-electron chi connectivity index (χ4n) is 1.31. The van der Waals surface area contributed by atoms with Gasteiger partial charge in [0.15, 0.2) is 9.84 Å². The first-order chi connectivity index (χ1) is 7.55. The lowest BCUT2D eigenvalue weighted by molar-refractivity contribution is 0.408. The monoisotopic (exact) mass is 263 g/mol. The van der Waals surface area contributed by atoms with Gasteiger partial charge in [0.2, 0.25) is 0 Å². The Labute approximate surface area is 100 Å². The van der Waals surface area contributed by atoms with E-state index < -0.39 is 9.84 Å². The number of rotatable bonds is 5. The first kappa shape index (κ1) is 13.3. The van der Waals surface area contributed by atoms with Gasteiger partial charge in [-0.15, -0.1) is 11.6 Å². The van der Waals surface area contributed by atoms with Crippen molar-refractivity contribution in [2.24, 2.45) is 5.73 Å². The number of ether oxygens (including phenoxy) is 1. The summed E-state index contributed by atoms with van der Waals surface area (Å²) >= 11 is 5.44. The third-order valence-corrected chi connectivity index (χ3v) is 4.31. The number of sulfone groups is 1. The van der Waals surface area contributed by atoms with Crippen molar-refractivity contribution >= 4 is 21.4 Å². The summed E-state index contributed by atoms with van der Waals surface area (Å²) < 4.78 is 28.5. The van der Waals surface area contributed by atoms with Gasteiger partial charge < -0.3 is 10.5 Å². The Kier molecular flexibility index (Phi) is 4.58. The molecule has 0 unspecified atom stereocenters. The first-order valence-electron chi connectivity index (χ1n) is 4.71. The summed E-state index contributed by atoms with van der Waals surface area (Å²) in [4.78, 5) is 0.210. The fourth-order valence-corrected chi connectivity index (χ4v) is 2.92. The van der Waals surface area contributed by atoms with Crippen LogP contribution in [-0.2, 0) is 16.4 Å². The third-order valence-electron chi connectivity index (χ3n) is 2.18. The Hall–Kier alpha value is -0.780. The molecule has 0 aliphatic rings. The van der Waals surface area contributed by atoms with Crippen LogP contribution in [0.2, 0.25) is 0 Å². The highest BCUT2D eigenvalue weighted by molar-refractivity contribution is 7.91. The topological polar surface area (TPSA) is 69.4 Å². The van der Waals surface area contributed by atoms with Gasteiger partial charge in [0.25, 0.3) is 0 Å². The molecule has 16 heavy (non-hydrogen) atoms. The van der Waals surface area contributed by atoms with E-state index in [0.29, 0.717) is 12.3 Å². The van der Waals surface area contributed by atoms with Gasteiger partial charge in [-0.3, -0.25) is 0 Å². The quantitative estimate of drug-likeness (QED) is 0.810. The second kappa shape index (κ2) is 5.52. The smallest absolute Gasteiger partial charge is 0.179 e. The molecule has 0 radical (unpaired) electrons. The fraction of sp³-hybridized carbons (Fsp3) is 0.400. The van der Waals surface area contributed by atoms with Crippen LogP contribution in [-0.4, -0.2) is 27.2 Å². The normalized spacial score (nSPS) is 11.4. The Balaban J connectivity index is 3.18. The largest absolute Gasteiger partial charge is 0.496 e. The van der Waals surface area contributed by atoms with Crippen LogP contribution in [0.4, 0.5) is 0 Å². The summed E-state index contributed by atoms with van der Waals surface area (Å²) in [5.41, 5.74) is 6.26. The van der Waals surface area contributed by atoms with Crippen LogP contribution >= 0.6 is 11.6 Å². The standard InChI is InChI=1S/C10H14ClNO3S/c1-15-10-6-9(3-2-8(10)7-12)16(13,14)5-4-11/h2-3,6H,4-5,7,12H2,1H3. The zero-order valence-corrected chi connectivity index (χ0v) is 10.5. The van der Waals surface area contributed by atoms with E-state index >= 15 is 0 Å². The molecule has 0 atom stereocenters. The van der Waals surface area contributed by atoms with E-state index in [1.165, 1.54) is 19.2 Å². The molecule has 90 valence electrons. The van der Waals surface area contributed by atoms with Crippen LogP contribution in [0.5, 0.6) is 5.75 Å². The van der Waals surface area contributed by atoms with Crippen molar-refractivity contribution in [1.29, 1.82) is 0 Å². The molecule has 0 amide bonds. The predicted octanol–water partition coefficient (Wildman–Crippen LogP) is 1.17. The number of halogens is 1. The Bertz CT molecular complexity index is 459. The molecule has 1 rings (SSSR count). The summed E-state index contributed by atoms with van der Waals surface area (Å²) in [6, 6.07) is 4.65. The molecule has 1 aromatic rings. The highest BCUT2D eigenvalue weighted by atomic mass is 35.5. The molecule has 0 heterocycles. The van der Waals surface area contributed by atoms with E-state index in [2.05, 4.69) is 0 Å². The van der Waals surface area contributed by atoms with Crippen LogP contribution in [0.25, 0.3) is 0 Å². The van der Waals surface area contributed by atoms with Crippen LogP contribution in [0.15, 0.2) is 23.1 Å². The van der Waals surface area contributed by atoms with Crippen LogP contribution in [0, 0.1) is 0 Å². The number of nitrogens with two attached hydrogens (primary N) is 1. The minimum absolute atomic E-state index is 0.0727. The van der Waals surface area contributed by atoms with E-state index in [1.807, 2.05) is 0 Å². The number of hydrogen-bond donors (Lipinski definition) is 1. The minimum atomic E-state index is -3.32. The molecule has 4 nitrogen and oxygen atoms in total. The summed E-state index contributed by atoms with van der Waals surface area (Å²) in [6.07, 6.45) is 0. The van der Waals surface area contributed by atoms with Gasteiger partial charge in [-0.05, 0) is 12.1 Å². The van der Waals surface area contributed by atoms with Gasteiger partial charge in [0.1, 0.15) is 5.75 Å². The van der Waals surface area contributed by atoms with Crippen molar-refractivity contribution < 1.29 is 13.2 Å². The minimum Gasteiger partial charge on any atom is -0.496 e. The molecular formula is C10H14ClNO3S. The highest BCUT2D eigenvalue weighted by Crippen LogP contribution is 2.23. The van der Waals surface area contributed by atoms with E-state index in [4.69, 9.17) is 22.1 Å². The lowest BCUT2D eigenvalue weighted by Crippen LogP contribution is -2.09. The van der Waals surface area contributed by atoms with Gasteiger partial charge in [-0.2, -0.15) is 0 Å². The SMILES string of the molecule is COc1cc(S(=O)(=O)CCCl)ccc1CN. The molecule has 0 bridgehead atoms. The first-order valence-corrected chi connectivity index (χ1v) is 6.89. The van der Waals surface area contributed by atoms with Crippen molar-refractivity contribution in [3.05, 3.63) is 23.8 Å². The number of alkyl halides is 1. The van der Waals surface area contributed by atoms with Gasteiger partial charge in [0.05, 0.1) is 17.8 Å². The Morgan fingerprint density at radius 3 is 2.62 bits per heavy atom. The summed E-state index contributed by atoms with van der Waals surface area (Å²) in [5, 5.41) is 0. The van der Waals surface area contributed by atoms with Crippen LogP contribution in [0.1, 0.15) is 5.56 Å². The van der Waals surface area contributed by atoms with Gasteiger partial charge in [-0.1, -0.05) is 6.07 Å². The maximum absolute atomic E-state index is 11.7. The predicted molar refractivity (Wildman–Crippen MR) is 63.7 cm³/mol. The van der Waals surface area contributed by atoms with E-state index in [9.17, 15) is 8.42 Å². The zero-order valence-electron chi connectivity index (χ0n) is 8.94. The zero-order chi connectivity index (χ0) is 12.2. The molecule has 0 saturated heterocycles. The molecule has 0 saturated carbocycles. The van der Waals surface area contributed by atoms with Crippen LogP contribution in [0.3, 0.4) is 0 Å². The van der Waals surface area contributed by atoms with Gasteiger partial charge >= 0.3 is 0 Å². The molecule has 0 spiro atoms. The van der Waals surface area contributed by atoms with Gasteiger partial charge in [-0.25, -0.2) is 8.42 Å². The molecular weight excluding hydrogens is 250 g/mol. The second-order valence-corrected chi connectivity index (χ2v) is 5.67. The van der Waals surface area contributed by atoms with Crippen molar-refractivity contribution in [3.8, 4) is 5.75 Å². The second-order valence-electron chi connectivity index (χ2n) is 3.19. The lowest BCUT2D eigenvalue weighted by atomic mass is 10.2. The van der Waals surface area contributed by atoms with Crippen molar-refractivity contribution in [2.75, 3.05) is 18.7 Å². The Morgan fingerprint density at radius 1 is 1.44 bits per heavy atom. The molecule has 6 heteroatoms. The third kappa shape index (κ3) is 2.87. The Morgan fingerprint density at radius 2 is 2.12 bits per heavy atom. The number of benzene rings is 1. The molecule has 2 N–H and O–H groups in total. The average Bonchev–Trinajstić information content (AvgIpc) is 2.28.